The molecule has 0 amide bonds. The van der Waals surface area contributed by atoms with Crippen LogP contribution >= 0.6 is 0 Å². The molecule has 0 aliphatic carbocycles. The molecule has 1 aromatic rings. The van der Waals surface area contributed by atoms with Gasteiger partial charge in [-0.1, -0.05) is 0 Å². The van der Waals surface area contributed by atoms with Crippen LogP contribution in [0.4, 0.5) is 5.82 Å². The summed E-state index contributed by atoms with van der Waals surface area (Å²) in [5, 5.41) is 0. The van der Waals surface area contributed by atoms with Gasteiger partial charge in [0.05, 0.1) is 19.8 Å². The van der Waals surface area contributed by atoms with Crippen molar-refractivity contribution in [1.82, 2.24) is 4.98 Å². The number of rotatable bonds is 3. The quantitative estimate of drug-likeness (QED) is 0.833. The van der Waals surface area contributed by atoms with Crippen molar-refractivity contribution in [3.05, 3.63) is 18.3 Å². The molecule has 5 nitrogen and oxygen atoms in total. The Bertz CT molecular complexity index is 422. The molecule has 1 aromatic heterocycles. The highest BCUT2D eigenvalue weighted by molar-refractivity contribution is 5.52. The number of piperidine rings is 1. The topological polar surface area (TPSA) is 43.8 Å². The maximum Gasteiger partial charge on any atom is 0.171 e. The first-order valence-corrected chi connectivity index (χ1v) is 6.94. The third kappa shape index (κ3) is 2.53. The van der Waals surface area contributed by atoms with Crippen LogP contribution in [0, 0.1) is 0 Å². The van der Waals surface area contributed by atoms with E-state index in [1.54, 1.807) is 0 Å². The highest BCUT2D eigenvalue weighted by Crippen LogP contribution is 2.35. The van der Waals surface area contributed by atoms with Crippen molar-refractivity contribution in [1.29, 1.82) is 0 Å². The Kier molecular flexibility index (Phi) is 3.57. The van der Waals surface area contributed by atoms with Gasteiger partial charge in [-0.05, 0) is 19.1 Å². The van der Waals surface area contributed by atoms with Gasteiger partial charge in [-0.3, -0.25) is 0 Å². The third-order valence-corrected chi connectivity index (χ3v) is 3.69. The fourth-order valence-corrected chi connectivity index (χ4v) is 2.73. The molecular weight excluding hydrogens is 244 g/mol. The molecule has 0 radical (unpaired) electrons. The van der Waals surface area contributed by atoms with Gasteiger partial charge in [0.2, 0.25) is 0 Å². The average Bonchev–Trinajstić information content (AvgIpc) is 2.89. The second kappa shape index (κ2) is 5.35. The second-order valence-electron chi connectivity index (χ2n) is 4.85. The number of hydrogen-bond donors (Lipinski definition) is 0. The predicted octanol–water partition coefficient (Wildman–Crippen LogP) is 1.82. The molecule has 2 fully saturated rings. The van der Waals surface area contributed by atoms with Crippen LogP contribution in [0.2, 0.25) is 0 Å². The van der Waals surface area contributed by atoms with Crippen LogP contribution in [0.25, 0.3) is 0 Å². The molecule has 1 spiro atoms. The van der Waals surface area contributed by atoms with E-state index in [0.717, 1.165) is 37.5 Å². The lowest BCUT2D eigenvalue weighted by Gasteiger charge is -2.38. The van der Waals surface area contributed by atoms with Crippen LogP contribution < -0.4 is 9.64 Å². The molecule has 104 valence electrons. The summed E-state index contributed by atoms with van der Waals surface area (Å²) in [6.07, 6.45) is 3.58. The second-order valence-corrected chi connectivity index (χ2v) is 4.85. The lowest BCUT2D eigenvalue weighted by molar-refractivity contribution is -0.169. The molecule has 0 atom stereocenters. The number of hydrogen-bond acceptors (Lipinski definition) is 5. The van der Waals surface area contributed by atoms with Crippen LogP contribution in [0.15, 0.2) is 18.3 Å². The molecule has 3 rings (SSSR count). The Labute approximate surface area is 113 Å². The van der Waals surface area contributed by atoms with E-state index in [0.29, 0.717) is 19.8 Å². The first kappa shape index (κ1) is 12.7. The van der Waals surface area contributed by atoms with Crippen LogP contribution in [-0.4, -0.2) is 43.7 Å². The van der Waals surface area contributed by atoms with Crippen LogP contribution in [0.3, 0.4) is 0 Å². The van der Waals surface area contributed by atoms with Gasteiger partial charge >= 0.3 is 0 Å². The van der Waals surface area contributed by atoms with Gasteiger partial charge in [-0.2, -0.15) is 0 Å². The molecule has 19 heavy (non-hydrogen) atoms. The summed E-state index contributed by atoms with van der Waals surface area (Å²) in [6, 6.07) is 3.88. The highest BCUT2D eigenvalue weighted by atomic mass is 16.7. The minimum absolute atomic E-state index is 0.336. The van der Waals surface area contributed by atoms with Crippen molar-refractivity contribution in [3.63, 3.8) is 0 Å². The summed E-state index contributed by atoms with van der Waals surface area (Å²) < 4.78 is 17.1. The molecule has 0 unspecified atom stereocenters. The first-order chi connectivity index (χ1) is 9.33. The summed E-state index contributed by atoms with van der Waals surface area (Å²) >= 11 is 0. The predicted molar refractivity (Wildman–Crippen MR) is 71.5 cm³/mol. The normalized spacial score (nSPS) is 21.8. The lowest BCUT2D eigenvalue weighted by atomic mass is 10.0. The number of pyridine rings is 1. The van der Waals surface area contributed by atoms with Crippen LogP contribution in [0.1, 0.15) is 19.8 Å². The molecule has 2 saturated heterocycles. The Hall–Kier alpha value is -1.33. The molecule has 0 aromatic carbocycles. The molecule has 5 heteroatoms. The smallest absolute Gasteiger partial charge is 0.171 e. The fraction of sp³-hybridized carbons (Fsp3) is 0.643. The van der Waals surface area contributed by atoms with E-state index in [2.05, 4.69) is 9.88 Å². The highest BCUT2D eigenvalue weighted by Gasteiger charge is 2.40. The van der Waals surface area contributed by atoms with E-state index in [1.807, 2.05) is 25.3 Å². The van der Waals surface area contributed by atoms with E-state index in [4.69, 9.17) is 14.2 Å². The van der Waals surface area contributed by atoms with Crippen molar-refractivity contribution in [2.45, 2.75) is 25.6 Å². The summed E-state index contributed by atoms with van der Waals surface area (Å²) in [6.45, 7) is 5.85. The maximum atomic E-state index is 5.74. The summed E-state index contributed by atoms with van der Waals surface area (Å²) in [5.74, 6) is 1.45. The Balaban J connectivity index is 1.71. The zero-order chi connectivity index (χ0) is 13.1. The van der Waals surface area contributed by atoms with Crippen molar-refractivity contribution < 1.29 is 14.2 Å². The molecule has 0 N–H and O–H groups in total. The molecule has 2 aliphatic rings. The fourth-order valence-electron chi connectivity index (χ4n) is 2.73. The summed E-state index contributed by atoms with van der Waals surface area (Å²) in [7, 11) is 0. The maximum absolute atomic E-state index is 5.74. The largest absolute Gasteiger partial charge is 0.490 e. The number of ether oxygens (including phenoxy) is 3. The first-order valence-electron chi connectivity index (χ1n) is 6.94. The Morgan fingerprint density at radius 3 is 2.74 bits per heavy atom. The monoisotopic (exact) mass is 264 g/mol. The lowest BCUT2D eigenvalue weighted by Crippen LogP contribution is -2.45. The summed E-state index contributed by atoms with van der Waals surface area (Å²) in [5.41, 5.74) is 0. The van der Waals surface area contributed by atoms with Gasteiger partial charge in [0.15, 0.2) is 17.4 Å². The van der Waals surface area contributed by atoms with Crippen molar-refractivity contribution in [2.75, 3.05) is 37.8 Å². The van der Waals surface area contributed by atoms with Gasteiger partial charge in [0, 0.05) is 32.1 Å². The molecule has 0 saturated carbocycles. The zero-order valence-electron chi connectivity index (χ0n) is 11.3. The Morgan fingerprint density at radius 2 is 2.05 bits per heavy atom. The summed E-state index contributed by atoms with van der Waals surface area (Å²) in [4.78, 5) is 6.71. The van der Waals surface area contributed by atoms with Gasteiger partial charge in [0.25, 0.3) is 0 Å². The van der Waals surface area contributed by atoms with Crippen molar-refractivity contribution in [2.24, 2.45) is 0 Å². The number of anilines is 1. The molecular formula is C14H20N2O3. The van der Waals surface area contributed by atoms with Crippen molar-refractivity contribution in [3.8, 4) is 5.75 Å². The van der Waals surface area contributed by atoms with Crippen LogP contribution in [-0.2, 0) is 9.47 Å². The van der Waals surface area contributed by atoms with Gasteiger partial charge in [-0.25, -0.2) is 4.98 Å². The van der Waals surface area contributed by atoms with E-state index in [1.165, 1.54) is 0 Å². The van der Waals surface area contributed by atoms with Gasteiger partial charge in [0.1, 0.15) is 0 Å². The zero-order valence-corrected chi connectivity index (χ0v) is 11.3. The molecule has 2 aliphatic heterocycles. The van der Waals surface area contributed by atoms with Crippen LogP contribution in [0.5, 0.6) is 5.75 Å². The Morgan fingerprint density at radius 1 is 1.32 bits per heavy atom. The van der Waals surface area contributed by atoms with E-state index >= 15 is 0 Å². The number of aromatic nitrogens is 1. The standard InChI is InChI=1S/C14H20N2O3/c1-2-17-12-4-3-7-15-13(12)16-8-5-14(6-9-16)18-10-11-19-14/h3-4,7H,2,5-6,8-11H2,1H3. The molecule has 3 heterocycles. The van der Waals surface area contributed by atoms with Gasteiger partial charge in [-0.15, -0.1) is 0 Å². The third-order valence-electron chi connectivity index (χ3n) is 3.69. The van der Waals surface area contributed by atoms with Gasteiger partial charge < -0.3 is 19.1 Å². The SMILES string of the molecule is CCOc1cccnc1N1CCC2(CC1)OCCO2. The van der Waals surface area contributed by atoms with Crippen molar-refractivity contribution >= 4 is 5.82 Å². The molecule has 0 bridgehead atoms. The van der Waals surface area contributed by atoms with E-state index < -0.39 is 0 Å². The van der Waals surface area contributed by atoms with E-state index in [-0.39, 0.29) is 5.79 Å². The minimum atomic E-state index is -0.336. The average molecular weight is 264 g/mol. The van der Waals surface area contributed by atoms with E-state index in [9.17, 15) is 0 Å². The number of nitrogens with zero attached hydrogens (tertiary/aromatic N) is 2. The minimum Gasteiger partial charge on any atom is -0.490 e.